The summed E-state index contributed by atoms with van der Waals surface area (Å²) in [6.07, 6.45) is 2.78. The van der Waals surface area contributed by atoms with Crippen molar-refractivity contribution in [2.24, 2.45) is 0 Å². The molecule has 0 unspecified atom stereocenters. The van der Waals surface area contributed by atoms with E-state index in [0.29, 0.717) is 18.3 Å². The highest BCUT2D eigenvalue weighted by Crippen LogP contribution is 2.54. The minimum Gasteiger partial charge on any atom is -0.496 e. The number of aliphatic carboxylic acids is 2. The summed E-state index contributed by atoms with van der Waals surface area (Å²) in [5, 5.41) is 15.6. The van der Waals surface area contributed by atoms with Crippen molar-refractivity contribution in [2.45, 2.75) is 24.9 Å². The summed E-state index contributed by atoms with van der Waals surface area (Å²) < 4.78 is 5.57. The van der Waals surface area contributed by atoms with Gasteiger partial charge in [0.05, 0.1) is 13.3 Å². The van der Waals surface area contributed by atoms with Crippen LogP contribution in [-0.4, -0.2) is 61.0 Å². The molecule has 2 aliphatic heterocycles. The number of likely N-dealkylation sites (N-methyl/N-ethyl adjacent to an activating group) is 2. The molecule has 0 aliphatic carbocycles. The molecule has 1 aromatic carbocycles. The van der Waals surface area contributed by atoms with Gasteiger partial charge in [0, 0.05) is 42.4 Å². The smallest absolute Gasteiger partial charge is 0.328 e. The lowest BCUT2D eigenvalue weighted by molar-refractivity contribution is -0.134. The summed E-state index contributed by atoms with van der Waals surface area (Å²) in [4.78, 5) is 23.9. The van der Waals surface area contributed by atoms with Crippen LogP contribution in [0.25, 0.3) is 0 Å². The maximum Gasteiger partial charge on any atom is 0.328 e. The van der Waals surface area contributed by atoms with E-state index in [4.69, 9.17) is 14.9 Å². The Morgan fingerprint density at radius 1 is 1.24 bits per heavy atom. The number of carboxylic acids is 2. The van der Waals surface area contributed by atoms with Gasteiger partial charge >= 0.3 is 11.9 Å². The van der Waals surface area contributed by atoms with E-state index in [9.17, 15) is 9.59 Å². The van der Waals surface area contributed by atoms with Crippen LogP contribution in [0.1, 0.15) is 18.9 Å². The first-order valence-corrected chi connectivity index (χ1v) is 7.97. The quantitative estimate of drug-likeness (QED) is 0.805. The van der Waals surface area contributed by atoms with Crippen LogP contribution in [0.15, 0.2) is 30.4 Å². The van der Waals surface area contributed by atoms with Crippen LogP contribution in [0.3, 0.4) is 0 Å². The molecule has 0 radical (unpaired) electrons. The number of hydrogen-bond acceptors (Lipinski definition) is 5. The summed E-state index contributed by atoms with van der Waals surface area (Å²) in [7, 11) is 6.17. The summed E-state index contributed by atoms with van der Waals surface area (Å²) in [6, 6.07) is 6.37. The summed E-state index contributed by atoms with van der Waals surface area (Å²) in [5.41, 5.74) is 2.91. The molecular weight excluding hydrogens is 324 g/mol. The van der Waals surface area contributed by atoms with Gasteiger partial charge in [-0.2, -0.15) is 0 Å². The monoisotopic (exact) mass is 348 g/mol. The lowest BCUT2D eigenvalue weighted by Crippen LogP contribution is -2.45. The van der Waals surface area contributed by atoms with Gasteiger partial charge in [0.15, 0.2) is 0 Å². The minimum atomic E-state index is -1.26. The topological polar surface area (TPSA) is 90.3 Å². The molecule has 0 spiro atoms. The molecule has 3 rings (SSSR count). The van der Waals surface area contributed by atoms with E-state index in [1.54, 1.807) is 7.11 Å². The van der Waals surface area contributed by atoms with Crippen LogP contribution in [0.5, 0.6) is 5.75 Å². The molecule has 1 saturated heterocycles. The van der Waals surface area contributed by atoms with Crippen molar-refractivity contribution in [2.75, 3.05) is 32.6 Å². The van der Waals surface area contributed by atoms with Crippen molar-refractivity contribution < 1.29 is 24.5 Å². The van der Waals surface area contributed by atoms with Gasteiger partial charge in [-0.15, -0.1) is 0 Å². The van der Waals surface area contributed by atoms with Crippen molar-refractivity contribution in [3.05, 3.63) is 35.9 Å². The molecule has 0 amide bonds. The fourth-order valence-corrected chi connectivity index (χ4v) is 3.96. The van der Waals surface area contributed by atoms with E-state index in [-0.39, 0.29) is 5.41 Å². The first-order chi connectivity index (χ1) is 11.7. The molecule has 2 heterocycles. The van der Waals surface area contributed by atoms with E-state index in [1.807, 2.05) is 0 Å². The number of nitrogens with zero attached hydrogens (tertiary/aromatic N) is 2. The molecule has 1 aromatic rings. The highest BCUT2D eigenvalue weighted by atomic mass is 16.5. The van der Waals surface area contributed by atoms with Crippen LogP contribution >= 0.6 is 0 Å². The fourth-order valence-electron chi connectivity index (χ4n) is 3.96. The van der Waals surface area contributed by atoms with Gasteiger partial charge in [-0.1, -0.05) is 13.0 Å². The number of fused-ring (bicyclic) bond motifs is 3. The minimum absolute atomic E-state index is 0.200. The number of methoxy groups -OCH3 is 1. The molecule has 25 heavy (non-hydrogen) atoms. The zero-order valence-electron chi connectivity index (χ0n) is 14.9. The lowest BCUT2D eigenvalue weighted by atomic mass is 9.81. The zero-order valence-corrected chi connectivity index (χ0v) is 14.9. The SMILES string of the molecule is COc1cccc2c1[C@]1(C)CCN(C)[C@@H]1N2C.O=C(O)/C=C/C(=O)O. The number of ether oxygens (including phenoxy) is 1. The number of carboxylic acid groups (broad SMARTS) is 2. The third-order valence-electron chi connectivity index (χ3n) is 4.88. The number of likely N-dealkylation sites (tertiary alicyclic amines) is 1. The van der Waals surface area contributed by atoms with Gasteiger partial charge in [-0.05, 0) is 25.6 Å². The van der Waals surface area contributed by atoms with E-state index >= 15 is 0 Å². The van der Waals surface area contributed by atoms with Crippen molar-refractivity contribution >= 4 is 17.6 Å². The van der Waals surface area contributed by atoms with Gasteiger partial charge in [0.2, 0.25) is 0 Å². The Bertz CT molecular complexity index is 687. The average Bonchev–Trinajstić information content (AvgIpc) is 2.99. The maximum atomic E-state index is 9.55. The number of anilines is 1. The summed E-state index contributed by atoms with van der Waals surface area (Å²) >= 11 is 0. The van der Waals surface area contributed by atoms with Crippen molar-refractivity contribution in [1.29, 1.82) is 0 Å². The molecule has 1 fully saturated rings. The highest BCUT2D eigenvalue weighted by molar-refractivity contribution is 5.89. The fraction of sp³-hybridized carbons (Fsp3) is 0.444. The highest BCUT2D eigenvalue weighted by Gasteiger charge is 2.53. The Hall–Kier alpha value is -2.54. The van der Waals surface area contributed by atoms with E-state index in [0.717, 1.165) is 12.3 Å². The Labute approximate surface area is 147 Å². The number of carbonyl (C=O) groups is 2. The second-order valence-corrected chi connectivity index (χ2v) is 6.50. The van der Waals surface area contributed by atoms with Crippen LogP contribution in [-0.2, 0) is 15.0 Å². The standard InChI is InChI=1S/C14H20N2O.C4H4O4/c1-14-8-9-15(2)13(14)16(3)10-6-5-7-11(17-4)12(10)14;5-3(6)1-2-4(7)8/h5-7,13H,8-9H2,1-4H3;1-2H,(H,5,6)(H,7,8)/b;2-1+/t13-,14+;/m1./s1. The second kappa shape index (κ2) is 7.14. The zero-order chi connectivity index (χ0) is 18.8. The molecule has 0 bridgehead atoms. The van der Waals surface area contributed by atoms with E-state index < -0.39 is 11.9 Å². The number of benzene rings is 1. The lowest BCUT2D eigenvalue weighted by Gasteiger charge is -2.32. The molecule has 2 aliphatic rings. The molecule has 136 valence electrons. The van der Waals surface area contributed by atoms with Crippen molar-refractivity contribution in [3.8, 4) is 5.75 Å². The Morgan fingerprint density at radius 2 is 1.84 bits per heavy atom. The van der Waals surface area contributed by atoms with Crippen molar-refractivity contribution in [1.82, 2.24) is 4.90 Å². The van der Waals surface area contributed by atoms with Crippen LogP contribution in [0.4, 0.5) is 5.69 Å². The average molecular weight is 348 g/mol. The Balaban J connectivity index is 0.000000242. The third kappa shape index (κ3) is 3.46. The summed E-state index contributed by atoms with van der Waals surface area (Å²) in [5.74, 6) is -1.48. The predicted octanol–water partition coefficient (Wildman–Crippen LogP) is 1.78. The summed E-state index contributed by atoms with van der Waals surface area (Å²) in [6.45, 7) is 3.52. The maximum absolute atomic E-state index is 9.55. The molecule has 7 heteroatoms. The molecule has 2 atom stereocenters. The van der Waals surface area contributed by atoms with Gasteiger partial charge in [-0.3, -0.25) is 4.90 Å². The first kappa shape index (κ1) is 18.8. The first-order valence-electron chi connectivity index (χ1n) is 7.97. The van der Waals surface area contributed by atoms with Gasteiger partial charge < -0.3 is 19.8 Å². The normalized spacial score (nSPS) is 24.5. The Morgan fingerprint density at radius 3 is 2.36 bits per heavy atom. The van der Waals surface area contributed by atoms with E-state index in [2.05, 4.69) is 49.0 Å². The molecule has 7 nitrogen and oxygen atoms in total. The number of hydrogen-bond donors (Lipinski definition) is 2. The second-order valence-electron chi connectivity index (χ2n) is 6.50. The molecule has 0 aromatic heterocycles. The predicted molar refractivity (Wildman–Crippen MR) is 94.2 cm³/mol. The Kier molecular flexibility index (Phi) is 5.37. The molecule has 0 saturated carbocycles. The van der Waals surface area contributed by atoms with Crippen LogP contribution in [0, 0.1) is 0 Å². The number of rotatable bonds is 3. The van der Waals surface area contributed by atoms with Gasteiger partial charge in [0.25, 0.3) is 0 Å². The van der Waals surface area contributed by atoms with Crippen LogP contribution in [0.2, 0.25) is 0 Å². The van der Waals surface area contributed by atoms with E-state index in [1.165, 1.54) is 17.7 Å². The largest absolute Gasteiger partial charge is 0.496 e. The van der Waals surface area contributed by atoms with Crippen molar-refractivity contribution in [3.63, 3.8) is 0 Å². The molecule has 2 N–H and O–H groups in total. The third-order valence-corrected chi connectivity index (χ3v) is 4.88. The van der Waals surface area contributed by atoms with Crippen LogP contribution < -0.4 is 9.64 Å². The molecular formula is C18H24N2O5. The van der Waals surface area contributed by atoms with Gasteiger partial charge in [-0.25, -0.2) is 9.59 Å². The van der Waals surface area contributed by atoms with Gasteiger partial charge in [0.1, 0.15) is 5.75 Å².